The number of allylic oxidation sites excluding steroid dienone is 2. The summed E-state index contributed by atoms with van der Waals surface area (Å²) < 4.78 is 0.964. The zero-order valence-electron chi connectivity index (χ0n) is 12.8. The van der Waals surface area contributed by atoms with Crippen LogP contribution in [-0.2, 0) is 0 Å². The van der Waals surface area contributed by atoms with Crippen LogP contribution in [0.2, 0.25) is 0 Å². The van der Waals surface area contributed by atoms with Gasteiger partial charge in [-0.15, -0.1) is 0 Å². The number of nitro groups is 1. The highest BCUT2D eigenvalue weighted by molar-refractivity contribution is 9.11. The summed E-state index contributed by atoms with van der Waals surface area (Å²) in [5.74, 6) is 0.725. The fourth-order valence-electron chi connectivity index (χ4n) is 4.24. The van der Waals surface area contributed by atoms with Gasteiger partial charge in [0.15, 0.2) is 0 Å². The van der Waals surface area contributed by atoms with E-state index in [1.54, 1.807) is 6.08 Å². The van der Waals surface area contributed by atoms with E-state index in [1.807, 2.05) is 6.08 Å². The molecule has 0 aliphatic heterocycles. The lowest BCUT2D eigenvalue weighted by atomic mass is 9.59. The second kappa shape index (κ2) is 6.51. The van der Waals surface area contributed by atoms with E-state index in [4.69, 9.17) is 5.73 Å². The Morgan fingerprint density at radius 2 is 2.00 bits per heavy atom. The van der Waals surface area contributed by atoms with Crippen LogP contribution in [0.3, 0.4) is 0 Å². The maximum Gasteiger partial charge on any atom is 0.262 e. The van der Waals surface area contributed by atoms with Crippen molar-refractivity contribution >= 4 is 15.9 Å². The number of nitrogens with zero attached hydrogens (tertiary/aromatic N) is 1. The zero-order chi connectivity index (χ0) is 15.6. The lowest BCUT2D eigenvalue weighted by Crippen LogP contribution is -2.51. The van der Waals surface area contributed by atoms with Crippen LogP contribution in [0.1, 0.15) is 52.4 Å². The predicted octanol–water partition coefficient (Wildman–Crippen LogP) is 4.38. The van der Waals surface area contributed by atoms with Gasteiger partial charge in [0, 0.05) is 9.41 Å². The number of nitrogens with two attached hydrogens (primary N) is 1. The molecule has 0 aromatic rings. The van der Waals surface area contributed by atoms with E-state index >= 15 is 0 Å². The molecule has 2 aliphatic rings. The van der Waals surface area contributed by atoms with Gasteiger partial charge in [-0.2, -0.15) is 0 Å². The van der Waals surface area contributed by atoms with Crippen molar-refractivity contribution in [3.63, 3.8) is 0 Å². The maximum absolute atomic E-state index is 11.8. The molecule has 1 saturated carbocycles. The van der Waals surface area contributed by atoms with Crippen LogP contribution < -0.4 is 5.73 Å². The van der Waals surface area contributed by atoms with E-state index in [0.29, 0.717) is 17.5 Å². The Hall–Kier alpha value is -0.840. The van der Waals surface area contributed by atoms with Gasteiger partial charge in [-0.05, 0) is 43.3 Å². The molecular formula is C16H25BrN2O2. The second-order valence-corrected chi connectivity index (χ2v) is 7.70. The van der Waals surface area contributed by atoms with Gasteiger partial charge in [0.05, 0.1) is 11.1 Å². The summed E-state index contributed by atoms with van der Waals surface area (Å²) in [7, 11) is 0. The standard InChI is InChI=1S/C16H25BrN2O2/c1-11(2)10-16(12-6-4-3-5-7-12)14(17)9-8-13(18)15(16)19(20)21/h8-9,11-12,15H,3-7,10,18H2,1-2H3. The average Bonchev–Trinajstić information content (AvgIpc) is 2.43. The molecule has 5 heteroatoms. The highest BCUT2D eigenvalue weighted by Gasteiger charge is 2.56. The van der Waals surface area contributed by atoms with Crippen LogP contribution in [0.25, 0.3) is 0 Å². The third kappa shape index (κ3) is 3.03. The summed E-state index contributed by atoms with van der Waals surface area (Å²) >= 11 is 3.67. The molecule has 0 saturated heterocycles. The normalized spacial score (nSPS) is 31.0. The quantitative estimate of drug-likeness (QED) is 0.600. The van der Waals surface area contributed by atoms with Gasteiger partial charge in [-0.25, -0.2) is 0 Å². The molecule has 2 aliphatic carbocycles. The smallest absolute Gasteiger partial charge is 0.262 e. The van der Waals surface area contributed by atoms with E-state index < -0.39 is 11.5 Å². The molecule has 1 fully saturated rings. The Kier molecular flexibility index (Phi) is 5.12. The van der Waals surface area contributed by atoms with E-state index in [-0.39, 0.29) is 4.92 Å². The summed E-state index contributed by atoms with van der Waals surface area (Å²) in [6, 6.07) is -0.803. The highest BCUT2D eigenvalue weighted by atomic mass is 79.9. The number of rotatable bonds is 4. The first-order valence-corrected chi connectivity index (χ1v) is 8.65. The Labute approximate surface area is 135 Å². The minimum absolute atomic E-state index is 0.170. The first-order chi connectivity index (χ1) is 9.89. The first-order valence-electron chi connectivity index (χ1n) is 7.86. The molecule has 0 heterocycles. The minimum Gasteiger partial charge on any atom is -0.396 e. The molecule has 0 radical (unpaired) electrons. The molecule has 0 amide bonds. The van der Waals surface area contributed by atoms with Crippen molar-refractivity contribution in [1.82, 2.24) is 0 Å². The summed E-state index contributed by atoms with van der Waals surface area (Å²) in [5, 5.41) is 11.8. The lowest BCUT2D eigenvalue weighted by molar-refractivity contribution is -0.533. The van der Waals surface area contributed by atoms with Crippen molar-refractivity contribution in [1.29, 1.82) is 0 Å². The largest absolute Gasteiger partial charge is 0.396 e. The van der Waals surface area contributed by atoms with E-state index in [1.165, 1.54) is 19.3 Å². The second-order valence-electron chi connectivity index (χ2n) is 6.84. The molecule has 118 valence electrons. The van der Waals surface area contributed by atoms with Crippen LogP contribution in [0.15, 0.2) is 22.3 Å². The molecule has 4 nitrogen and oxygen atoms in total. The highest BCUT2D eigenvalue weighted by Crippen LogP contribution is 2.55. The Morgan fingerprint density at radius 1 is 1.38 bits per heavy atom. The minimum atomic E-state index is -0.803. The van der Waals surface area contributed by atoms with E-state index in [2.05, 4.69) is 29.8 Å². The fraction of sp³-hybridized carbons (Fsp3) is 0.750. The Bertz CT molecular complexity index is 467. The lowest BCUT2D eigenvalue weighted by Gasteiger charge is -2.46. The van der Waals surface area contributed by atoms with Crippen LogP contribution in [0, 0.1) is 27.4 Å². The van der Waals surface area contributed by atoms with Crippen LogP contribution in [0.4, 0.5) is 0 Å². The summed E-state index contributed by atoms with van der Waals surface area (Å²) in [4.78, 5) is 11.6. The maximum atomic E-state index is 11.8. The van der Waals surface area contributed by atoms with Crippen molar-refractivity contribution in [3.8, 4) is 0 Å². The van der Waals surface area contributed by atoms with Gasteiger partial charge < -0.3 is 5.73 Å². The summed E-state index contributed by atoms with van der Waals surface area (Å²) in [5.41, 5.74) is 5.98. The van der Waals surface area contributed by atoms with Crippen molar-refractivity contribution in [3.05, 3.63) is 32.4 Å². The monoisotopic (exact) mass is 356 g/mol. The van der Waals surface area contributed by atoms with Gasteiger partial charge in [0.2, 0.25) is 0 Å². The molecule has 0 bridgehead atoms. The SMILES string of the molecule is CC(C)CC1(C2CCCCC2)C(Br)=CC=C(N)C1[N+](=O)[O-]. The van der Waals surface area contributed by atoms with Gasteiger partial charge in [-0.1, -0.05) is 49.0 Å². The Balaban J connectivity index is 2.51. The van der Waals surface area contributed by atoms with E-state index in [0.717, 1.165) is 23.7 Å². The van der Waals surface area contributed by atoms with Crippen molar-refractivity contribution < 1.29 is 4.92 Å². The molecule has 21 heavy (non-hydrogen) atoms. The first kappa shape index (κ1) is 16.5. The van der Waals surface area contributed by atoms with Crippen LogP contribution in [0.5, 0.6) is 0 Å². The van der Waals surface area contributed by atoms with E-state index in [9.17, 15) is 10.1 Å². The van der Waals surface area contributed by atoms with Gasteiger partial charge in [0.1, 0.15) is 0 Å². The van der Waals surface area contributed by atoms with Gasteiger partial charge >= 0.3 is 0 Å². The zero-order valence-corrected chi connectivity index (χ0v) is 14.4. The molecule has 2 atom stereocenters. The molecule has 0 spiro atoms. The van der Waals surface area contributed by atoms with Crippen molar-refractivity contribution in [2.75, 3.05) is 0 Å². The number of hydrogen-bond acceptors (Lipinski definition) is 3. The topological polar surface area (TPSA) is 69.2 Å². The van der Waals surface area contributed by atoms with Crippen molar-refractivity contribution in [2.45, 2.75) is 58.4 Å². The fourth-order valence-corrected chi connectivity index (χ4v) is 5.08. The summed E-state index contributed by atoms with van der Waals surface area (Å²) in [6.45, 7) is 4.27. The third-order valence-electron chi connectivity index (χ3n) is 4.96. The third-order valence-corrected chi connectivity index (χ3v) is 5.96. The average molecular weight is 357 g/mol. The number of hydrogen-bond donors (Lipinski definition) is 1. The molecular weight excluding hydrogens is 332 g/mol. The van der Waals surface area contributed by atoms with Gasteiger partial charge in [0.25, 0.3) is 6.04 Å². The van der Waals surface area contributed by atoms with Crippen LogP contribution >= 0.6 is 15.9 Å². The summed E-state index contributed by atoms with van der Waals surface area (Å²) in [6.07, 6.45) is 10.1. The number of halogens is 1. The molecule has 2 unspecified atom stereocenters. The predicted molar refractivity (Wildman–Crippen MR) is 88.5 cm³/mol. The Morgan fingerprint density at radius 3 is 2.52 bits per heavy atom. The molecule has 0 aromatic carbocycles. The molecule has 2 N–H and O–H groups in total. The van der Waals surface area contributed by atoms with Crippen molar-refractivity contribution in [2.24, 2.45) is 23.0 Å². The molecule has 0 aromatic heterocycles. The van der Waals surface area contributed by atoms with Crippen LogP contribution in [-0.4, -0.2) is 11.0 Å². The molecule has 2 rings (SSSR count). The van der Waals surface area contributed by atoms with Gasteiger partial charge in [-0.3, -0.25) is 10.1 Å².